The van der Waals surface area contributed by atoms with Gasteiger partial charge in [0.05, 0.1) is 0 Å². The van der Waals surface area contributed by atoms with Gasteiger partial charge in [0.15, 0.2) is 0 Å². The third-order valence-electron chi connectivity index (χ3n) is 2.76. The molecule has 104 valence electrons. The number of benzene rings is 1. The first kappa shape index (κ1) is 15.0. The molecule has 0 aliphatic rings. The van der Waals surface area contributed by atoms with Crippen LogP contribution in [0.25, 0.3) is 0 Å². The van der Waals surface area contributed by atoms with Crippen molar-refractivity contribution in [1.82, 2.24) is 4.98 Å². The quantitative estimate of drug-likeness (QED) is 0.823. The van der Waals surface area contributed by atoms with Crippen LogP contribution in [0, 0.1) is 0 Å². The molecule has 0 aliphatic heterocycles. The van der Waals surface area contributed by atoms with Gasteiger partial charge in [-0.2, -0.15) is 0 Å². The van der Waals surface area contributed by atoms with Gasteiger partial charge < -0.3 is 11.1 Å². The van der Waals surface area contributed by atoms with Crippen LogP contribution in [0.15, 0.2) is 36.5 Å². The predicted molar refractivity (Wildman–Crippen MR) is 88.8 cm³/mol. The maximum Gasteiger partial charge on any atom is 0.126 e. The van der Waals surface area contributed by atoms with E-state index in [1.54, 1.807) is 18.3 Å². The molecule has 0 amide bonds. The molecule has 3 N–H and O–H groups in total. The highest BCUT2D eigenvalue weighted by atomic mass is 35.5. The average Bonchev–Trinajstić information content (AvgIpc) is 2.41. The monoisotopic (exact) mass is 325 g/mol. The molecule has 0 aliphatic carbocycles. The Balaban J connectivity index is 1.96. The lowest BCUT2D eigenvalue weighted by Gasteiger charge is -2.08. The van der Waals surface area contributed by atoms with Gasteiger partial charge in [0, 0.05) is 28.4 Å². The number of nitrogens with two attached hydrogens (primary N) is 1. The van der Waals surface area contributed by atoms with E-state index in [9.17, 15) is 0 Å². The molecular weight excluding hydrogens is 313 g/mol. The summed E-state index contributed by atoms with van der Waals surface area (Å²) >= 11 is 16.9. The van der Waals surface area contributed by atoms with E-state index in [0.717, 1.165) is 23.4 Å². The van der Waals surface area contributed by atoms with Crippen molar-refractivity contribution in [2.24, 2.45) is 5.73 Å². The van der Waals surface area contributed by atoms with Crippen molar-refractivity contribution in [3.63, 3.8) is 0 Å². The van der Waals surface area contributed by atoms with E-state index in [1.165, 1.54) is 0 Å². The van der Waals surface area contributed by atoms with E-state index in [2.05, 4.69) is 10.3 Å². The molecule has 0 saturated heterocycles. The first-order chi connectivity index (χ1) is 9.56. The van der Waals surface area contributed by atoms with Crippen LogP contribution < -0.4 is 11.1 Å². The number of nitrogens with one attached hydrogen (secondary N) is 1. The van der Waals surface area contributed by atoms with Gasteiger partial charge in [-0.3, -0.25) is 0 Å². The molecule has 0 spiro atoms. The molecule has 0 bridgehead atoms. The van der Waals surface area contributed by atoms with E-state index in [-0.39, 0.29) is 0 Å². The zero-order chi connectivity index (χ0) is 14.5. The maximum absolute atomic E-state index is 6.12. The third kappa shape index (κ3) is 4.07. The van der Waals surface area contributed by atoms with Crippen LogP contribution in [0.5, 0.6) is 0 Å². The summed E-state index contributed by atoms with van der Waals surface area (Å²) in [4.78, 5) is 4.57. The lowest BCUT2D eigenvalue weighted by Crippen LogP contribution is -2.11. The second kappa shape index (κ2) is 6.88. The molecule has 2 aromatic rings. The number of aromatic nitrogens is 1. The second-order valence-corrected chi connectivity index (χ2v) is 5.49. The van der Waals surface area contributed by atoms with Gasteiger partial charge in [-0.05, 0) is 36.2 Å². The molecule has 0 saturated carbocycles. The molecule has 3 nitrogen and oxygen atoms in total. The highest BCUT2D eigenvalue weighted by Gasteiger charge is 2.02. The van der Waals surface area contributed by atoms with Gasteiger partial charge in [-0.1, -0.05) is 41.5 Å². The van der Waals surface area contributed by atoms with Crippen LogP contribution in [-0.4, -0.2) is 16.5 Å². The molecule has 1 heterocycles. The van der Waals surface area contributed by atoms with E-state index in [4.69, 9.17) is 41.2 Å². The van der Waals surface area contributed by atoms with Crippen LogP contribution in [-0.2, 0) is 6.42 Å². The van der Waals surface area contributed by atoms with Crippen molar-refractivity contribution in [2.75, 3.05) is 11.9 Å². The fraction of sp³-hybridized carbons (Fsp3) is 0.143. The van der Waals surface area contributed by atoms with Crippen molar-refractivity contribution in [1.29, 1.82) is 0 Å². The first-order valence-corrected chi connectivity index (χ1v) is 7.16. The molecule has 2 rings (SSSR count). The smallest absolute Gasteiger partial charge is 0.126 e. The Morgan fingerprint density at radius 1 is 1.25 bits per heavy atom. The SMILES string of the molecule is NC(=S)c1ccnc(NCCc2ccc(Cl)cc2Cl)c1. The Hall–Kier alpha value is -1.36. The Kier molecular flexibility index (Phi) is 5.17. The average molecular weight is 326 g/mol. The number of hydrogen-bond donors (Lipinski definition) is 2. The van der Waals surface area contributed by atoms with Crippen LogP contribution in [0.4, 0.5) is 5.82 Å². The predicted octanol–water partition coefficient (Wildman–Crippen LogP) is 3.68. The van der Waals surface area contributed by atoms with Crippen LogP contribution in [0.2, 0.25) is 10.0 Å². The number of hydrogen-bond acceptors (Lipinski definition) is 3. The van der Waals surface area contributed by atoms with Crippen molar-refractivity contribution < 1.29 is 0 Å². The Morgan fingerprint density at radius 2 is 2.05 bits per heavy atom. The van der Waals surface area contributed by atoms with E-state index in [1.807, 2.05) is 18.2 Å². The molecule has 0 unspecified atom stereocenters. The summed E-state index contributed by atoms with van der Waals surface area (Å²) in [7, 11) is 0. The second-order valence-electron chi connectivity index (χ2n) is 4.21. The summed E-state index contributed by atoms with van der Waals surface area (Å²) in [5.74, 6) is 0.736. The first-order valence-electron chi connectivity index (χ1n) is 6.00. The largest absolute Gasteiger partial charge is 0.389 e. The maximum atomic E-state index is 6.12. The molecule has 1 aromatic heterocycles. The summed E-state index contributed by atoms with van der Waals surface area (Å²) < 4.78 is 0. The Labute approximate surface area is 133 Å². The van der Waals surface area contributed by atoms with Crippen LogP contribution in [0.3, 0.4) is 0 Å². The van der Waals surface area contributed by atoms with Crippen molar-refractivity contribution in [3.8, 4) is 0 Å². The molecule has 0 radical (unpaired) electrons. The summed E-state index contributed by atoms with van der Waals surface area (Å²) in [6.45, 7) is 0.704. The standard InChI is InChI=1S/C14H13Cl2N3S/c15-11-2-1-9(12(16)8-11)3-5-18-13-7-10(14(17)20)4-6-19-13/h1-2,4,6-8H,3,5H2,(H2,17,20)(H,18,19). The van der Waals surface area contributed by atoms with Gasteiger partial charge in [0.25, 0.3) is 0 Å². The van der Waals surface area contributed by atoms with Crippen LogP contribution in [0.1, 0.15) is 11.1 Å². The van der Waals surface area contributed by atoms with Crippen molar-refractivity contribution >= 4 is 46.2 Å². The van der Waals surface area contributed by atoms with Gasteiger partial charge in [-0.25, -0.2) is 4.98 Å². The number of thiocarbonyl (C=S) groups is 1. The van der Waals surface area contributed by atoms with Crippen molar-refractivity contribution in [2.45, 2.75) is 6.42 Å². The fourth-order valence-corrected chi connectivity index (χ4v) is 2.36. The highest BCUT2D eigenvalue weighted by molar-refractivity contribution is 7.80. The number of nitrogens with zero attached hydrogens (tertiary/aromatic N) is 1. The summed E-state index contributed by atoms with van der Waals surface area (Å²) in [5.41, 5.74) is 7.41. The summed E-state index contributed by atoms with van der Waals surface area (Å²) in [6, 6.07) is 9.10. The Bertz CT molecular complexity index is 632. The number of anilines is 1. The molecule has 6 heteroatoms. The van der Waals surface area contributed by atoms with Gasteiger partial charge >= 0.3 is 0 Å². The molecule has 0 atom stereocenters. The number of rotatable bonds is 5. The number of halogens is 2. The normalized spacial score (nSPS) is 10.3. The minimum absolute atomic E-state index is 0.358. The van der Waals surface area contributed by atoms with Crippen LogP contribution >= 0.6 is 35.4 Å². The van der Waals surface area contributed by atoms with E-state index < -0.39 is 0 Å². The van der Waals surface area contributed by atoms with Gasteiger partial charge in [0.1, 0.15) is 10.8 Å². The van der Waals surface area contributed by atoms with Crippen molar-refractivity contribution in [3.05, 3.63) is 57.7 Å². The number of pyridine rings is 1. The molecule has 1 aromatic carbocycles. The molecule has 20 heavy (non-hydrogen) atoms. The zero-order valence-corrected chi connectivity index (χ0v) is 12.9. The lowest BCUT2D eigenvalue weighted by atomic mass is 10.1. The highest BCUT2D eigenvalue weighted by Crippen LogP contribution is 2.21. The van der Waals surface area contributed by atoms with Gasteiger partial charge in [0.2, 0.25) is 0 Å². The summed E-state index contributed by atoms with van der Waals surface area (Å²) in [6.07, 6.45) is 2.45. The topological polar surface area (TPSA) is 50.9 Å². The molecular formula is C14H13Cl2N3S. The van der Waals surface area contributed by atoms with Gasteiger partial charge in [-0.15, -0.1) is 0 Å². The molecule has 0 fully saturated rings. The minimum Gasteiger partial charge on any atom is -0.389 e. The lowest BCUT2D eigenvalue weighted by molar-refractivity contribution is 1.01. The zero-order valence-electron chi connectivity index (χ0n) is 10.6. The van der Waals surface area contributed by atoms with E-state index >= 15 is 0 Å². The Morgan fingerprint density at radius 3 is 2.75 bits per heavy atom. The fourth-order valence-electron chi connectivity index (χ4n) is 1.73. The summed E-state index contributed by atoms with van der Waals surface area (Å²) in [5, 5.41) is 4.52. The third-order valence-corrected chi connectivity index (χ3v) is 3.58. The minimum atomic E-state index is 0.358. The van der Waals surface area contributed by atoms with E-state index in [0.29, 0.717) is 21.6 Å².